The van der Waals surface area contributed by atoms with Crippen LogP contribution in [0.1, 0.15) is 12.8 Å². The number of hydrogen-bond acceptors (Lipinski definition) is 5. The number of carbonyl (C=O) groups is 1. The van der Waals surface area contributed by atoms with Crippen LogP contribution < -0.4 is 10.6 Å². The Morgan fingerprint density at radius 2 is 2.07 bits per heavy atom. The van der Waals surface area contributed by atoms with Gasteiger partial charge in [-0.15, -0.1) is 0 Å². The molecule has 0 saturated heterocycles. The molecule has 0 atom stereocenters. The van der Waals surface area contributed by atoms with Gasteiger partial charge in [0.25, 0.3) is 0 Å². The first-order chi connectivity index (χ1) is 7.24. The second-order valence-corrected chi connectivity index (χ2v) is 3.45. The van der Waals surface area contributed by atoms with Crippen molar-refractivity contribution in [3.05, 3.63) is 12.4 Å². The van der Waals surface area contributed by atoms with Crippen LogP contribution >= 0.6 is 0 Å². The highest BCUT2D eigenvalue weighted by atomic mass is 16.4. The second-order valence-electron chi connectivity index (χ2n) is 3.45. The van der Waals surface area contributed by atoms with Gasteiger partial charge in [-0.1, -0.05) is 0 Å². The van der Waals surface area contributed by atoms with Crippen LogP contribution in [0.25, 0.3) is 0 Å². The lowest BCUT2D eigenvalue weighted by molar-refractivity contribution is -0.134. The van der Waals surface area contributed by atoms with Crippen LogP contribution in [0.15, 0.2) is 12.4 Å². The lowest BCUT2D eigenvalue weighted by Crippen LogP contribution is -2.13. The molecule has 0 spiro atoms. The van der Waals surface area contributed by atoms with Gasteiger partial charge in [-0.2, -0.15) is 0 Å². The summed E-state index contributed by atoms with van der Waals surface area (Å²) >= 11 is 0. The Bertz CT molecular complexity index is 348. The zero-order chi connectivity index (χ0) is 10.7. The molecular formula is C9H12N4O2. The minimum Gasteiger partial charge on any atom is -0.480 e. The Hall–Kier alpha value is -1.85. The SMILES string of the molecule is O=C(O)CNc1cnc(NC2CC2)cn1. The van der Waals surface area contributed by atoms with E-state index in [-0.39, 0.29) is 6.54 Å². The van der Waals surface area contributed by atoms with Gasteiger partial charge in [-0.25, -0.2) is 9.97 Å². The number of carboxylic acid groups (broad SMARTS) is 1. The van der Waals surface area contributed by atoms with Crippen molar-refractivity contribution in [2.45, 2.75) is 18.9 Å². The molecule has 0 unspecified atom stereocenters. The molecule has 1 heterocycles. The highest BCUT2D eigenvalue weighted by molar-refractivity contribution is 5.72. The summed E-state index contributed by atoms with van der Waals surface area (Å²) in [5, 5.41) is 14.3. The monoisotopic (exact) mass is 208 g/mol. The van der Waals surface area contributed by atoms with Crippen molar-refractivity contribution in [3.63, 3.8) is 0 Å². The molecule has 0 radical (unpaired) electrons. The summed E-state index contributed by atoms with van der Waals surface area (Å²) in [6.45, 7) is -0.149. The third-order valence-electron chi connectivity index (χ3n) is 2.00. The molecule has 1 aromatic rings. The molecule has 1 aliphatic rings. The van der Waals surface area contributed by atoms with Gasteiger partial charge in [0, 0.05) is 6.04 Å². The summed E-state index contributed by atoms with van der Waals surface area (Å²) in [5.74, 6) is 0.286. The average molecular weight is 208 g/mol. The van der Waals surface area contributed by atoms with Crippen LogP contribution in [0.5, 0.6) is 0 Å². The fourth-order valence-electron chi connectivity index (χ4n) is 1.10. The van der Waals surface area contributed by atoms with Gasteiger partial charge in [0.05, 0.1) is 12.4 Å². The molecule has 1 aliphatic carbocycles. The normalized spacial score (nSPS) is 14.7. The molecule has 0 bridgehead atoms. The summed E-state index contributed by atoms with van der Waals surface area (Å²) in [4.78, 5) is 18.4. The van der Waals surface area contributed by atoms with E-state index in [1.165, 1.54) is 19.0 Å². The Balaban J connectivity index is 1.87. The fourth-order valence-corrected chi connectivity index (χ4v) is 1.10. The number of hydrogen-bond donors (Lipinski definition) is 3. The smallest absolute Gasteiger partial charge is 0.322 e. The summed E-state index contributed by atoms with van der Waals surface area (Å²) in [5.41, 5.74) is 0. The summed E-state index contributed by atoms with van der Waals surface area (Å²) in [7, 11) is 0. The number of aliphatic carboxylic acids is 1. The maximum absolute atomic E-state index is 10.3. The minimum absolute atomic E-state index is 0.149. The van der Waals surface area contributed by atoms with Gasteiger partial charge in [0.2, 0.25) is 0 Å². The topological polar surface area (TPSA) is 87.1 Å². The fraction of sp³-hybridized carbons (Fsp3) is 0.444. The predicted molar refractivity (Wildman–Crippen MR) is 54.8 cm³/mol. The Labute approximate surface area is 86.7 Å². The van der Waals surface area contributed by atoms with E-state index in [1.807, 2.05) is 0 Å². The molecule has 2 rings (SSSR count). The molecule has 1 aromatic heterocycles. The standard InChI is InChI=1S/C9H12N4O2/c14-9(15)5-12-7-3-11-8(4-10-7)13-6-1-2-6/h3-4,6H,1-2,5H2,(H,10,12)(H,11,13)(H,14,15). The van der Waals surface area contributed by atoms with Crippen LogP contribution in [0.2, 0.25) is 0 Å². The van der Waals surface area contributed by atoms with E-state index in [0.29, 0.717) is 11.9 Å². The number of nitrogens with zero attached hydrogens (tertiary/aromatic N) is 2. The van der Waals surface area contributed by atoms with Crippen molar-refractivity contribution in [2.75, 3.05) is 17.2 Å². The molecule has 0 aliphatic heterocycles. The van der Waals surface area contributed by atoms with Gasteiger partial charge in [-0.05, 0) is 12.8 Å². The highest BCUT2D eigenvalue weighted by Crippen LogP contribution is 2.23. The summed E-state index contributed by atoms with van der Waals surface area (Å²) in [6, 6.07) is 0.539. The number of anilines is 2. The van der Waals surface area contributed by atoms with Crippen molar-refractivity contribution in [1.29, 1.82) is 0 Å². The Morgan fingerprint density at radius 3 is 2.60 bits per heavy atom. The zero-order valence-corrected chi connectivity index (χ0v) is 8.10. The van der Waals surface area contributed by atoms with E-state index in [2.05, 4.69) is 20.6 Å². The van der Waals surface area contributed by atoms with Crippen LogP contribution in [0.4, 0.5) is 11.6 Å². The third kappa shape index (κ3) is 3.08. The van der Waals surface area contributed by atoms with E-state index in [1.54, 1.807) is 6.20 Å². The second kappa shape index (κ2) is 4.12. The van der Waals surface area contributed by atoms with Gasteiger partial charge in [-0.3, -0.25) is 4.79 Å². The average Bonchev–Trinajstić information content (AvgIpc) is 3.01. The predicted octanol–water partition coefficient (Wildman–Crippen LogP) is 0.547. The van der Waals surface area contributed by atoms with E-state index in [9.17, 15) is 4.79 Å². The first kappa shape index (κ1) is 9.70. The van der Waals surface area contributed by atoms with E-state index < -0.39 is 5.97 Å². The van der Waals surface area contributed by atoms with Gasteiger partial charge >= 0.3 is 5.97 Å². The molecule has 0 amide bonds. The van der Waals surface area contributed by atoms with Gasteiger partial charge in [0.1, 0.15) is 18.2 Å². The molecular weight excluding hydrogens is 196 g/mol. The molecule has 15 heavy (non-hydrogen) atoms. The molecule has 1 fully saturated rings. The first-order valence-electron chi connectivity index (χ1n) is 4.78. The van der Waals surface area contributed by atoms with Gasteiger partial charge in [0.15, 0.2) is 0 Å². The van der Waals surface area contributed by atoms with Crippen molar-refractivity contribution < 1.29 is 9.90 Å². The molecule has 0 aromatic carbocycles. The molecule has 6 heteroatoms. The molecule has 3 N–H and O–H groups in total. The van der Waals surface area contributed by atoms with Gasteiger partial charge < -0.3 is 15.7 Å². The van der Waals surface area contributed by atoms with Crippen molar-refractivity contribution >= 4 is 17.6 Å². The Morgan fingerprint density at radius 1 is 1.40 bits per heavy atom. The van der Waals surface area contributed by atoms with E-state index in [4.69, 9.17) is 5.11 Å². The molecule has 6 nitrogen and oxygen atoms in total. The number of rotatable bonds is 5. The van der Waals surface area contributed by atoms with E-state index in [0.717, 1.165) is 5.82 Å². The highest BCUT2D eigenvalue weighted by Gasteiger charge is 2.21. The Kier molecular flexibility index (Phi) is 2.66. The van der Waals surface area contributed by atoms with E-state index >= 15 is 0 Å². The zero-order valence-electron chi connectivity index (χ0n) is 8.10. The summed E-state index contributed by atoms with van der Waals surface area (Å²) < 4.78 is 0. The molecule has 1 saturated carbocycles. The summed E-state index contributed by atoms with van der Waals surface area (Å²) in [6.07, 6.45) is 5.48. The minimum atomic E-state index is -0.919. The van der Waals surface area contributed by atoms with Crippen molar-refractivity contribution in [1.82, 2.24) is 9.97 Å². The van der Waals surface area contributed by atoms with Crippen LogP contribution in [0, 0.1) is 0 Å². The van der Waals surface area contributed by atoms with Crippen molar-refractivity contribution in [3.8, 4) is 0 Å². The maximum Gasteiger partial charge on any atom is 0.322 e. The van der Waals surface area contributed by atoms with Crippen LogP contribution in [0.3, 0.4) is 0 Å². The quantitative estimate of drug-likeness (QED) is 0.655. The van der Waals surface area contributed by atoms with Crippen LogP contribution in [-0.2, 0) is 4.79 Å². The molecule has 80 valence electrons. The van der Waals surface area contributed by atoms with Crippen molar-refractivity contribution in [2.24, 2.45) is 0 Å². The van der Waals surface area contributed by atoms with Crippen LogP contribution in [-0.4, -0.2) is 33.6 Å². The number of aromatic nitrogens is 2. The number of nitrogens with one attached hydrogen (secondary N) is 2. The number of carboxylic acids is 1. The first-order valence-corrected chi connectivity index (χ1v) is 4.78. The maximum atomic E-state index is 10.3. The largest absolute Gasteiger partial charge is 0.480 e. The lowest BCUT2D eigenvalue weighted by atomic mass is 10.5. The third-order valence-corrected chi connectivity index (χ3v) is 2.00. The lowest BCUT2D eigenvalue weighted by Gasteiger charge is -2.04.